The minimum atomic E-state index is -0.524. The number of rotatable bonds is 7. The molecule has 0 bridgehead atoms. The molecule has 8 heteroatoms. The highest BCUT2D eigenvalue weighted by Crippen LogP contribution is 2.14. The predicted molar refractivity (Wildman–Crippen MR) is 89.6 cm³/mol. The number of carbonyl (C=O) groups excluding carboxylic acids is 1. The highest BCUT2D eigenvalue weighted by molar-refractivity contribution is 5.80. The van der Waals surface area contributed by atoms with Gasteiger partial charge in [0.1, 0.15) is 12.4 Å². The first-order valence-corrected chi connectivity index (χ1v) is 7.79. The summed E-state index contributed by atoms with van der Waals surface area (Å²) in [4.78, 5) is 16.8. The van der Waals surface area contributed by atoms with Crippen molar-refractivity contribution in [1.82, 2.24) is 30.5 Å². The van der Waals surface area contributed by atoms with Crippen molar-refractivity contribution in [2.75, 3.05) is 7.11 Å². The Hall–Kier alpha value is -3.29. The summed E-state index contributed by atoms with van der Waals surface area (Å²) in [6.07, 6.45) is 3.61. The maximum absolute atomic E-state index is 12.7. The molecule has 0 aliphatic rings. The minimum absolute atomic E-state index is 0.160. The lowest BCUT2D eigenvalue weighted by Crippen LogP contribution is -2.34. The normalized spacial score (nSPS) is 11.7. The van der Waals surface area contributed by atoms with Gasteiger partial charge in [-0.1, -0.05) is 36.4 Å². The number of benzene rings is 1. The van der Waals surface area contributed by atoms with Crippen LogP contribution in [0.15, 0.2) is 55.0 Å². The molecule has 8 nitrogen and oxygen atoms in total. The fraction of sp³-hybridized carbons (Fsp3) is 0.235. The highest BCUT2D eigenvalue weighted by atomic mass is 16.5. The molecule has 1 unspecified atom stereocenters. The number of tetrazole rings is 1. The van der Waals surface area contributed by atoms with E-state index in [0.29, 0.717) is 18.8 Å². The summed E-state index contributed by atoms with van der Waals surface area (Å²) in [5.74, 6) is 0.373. The fourth-order valence-electron chi connectivity index (χ4n) is 2.40. The first kappa shape index (κ1) is 16.6. The maximum atomic E-state index is 12.7. The van der Waals surface area contributed by atoms with Gasteiger partial charge in [-0.05, 0) is 21.6 Å². The number of methoxy groups -OCH3 is 1. The summed E-state index contributed by atoms with van der Waals surface area (Å²) >= 11 is 0. The fourth-order valence-corrected chi connectivity index (χ4v) is 2.40. The summed E-state index contributed by atoms with van der Waals surface area (Å²) < 4.78 is 6.49. The molecule has 1 aromatic carbocycles. The summed E-state index contributed by atoms with van der Waals surface area (Å²) in [5, 5.41) is 14.1. The van der Waals surface area contributed by atoms with Gasteiger partial charge in [-0.15, -0.1) is 5.10 Å². The van der Waals surface area contributed by atoms with Gasteiger partial charge in [-0.25, -0.2) is 9.67 Å². The van der Waals surface area contributed by atoms with Gasteiger partial charge >= 0.3 is 0 Å². The number of aromatic nitrogens is 5. The van der Waals surface area contributed by atoms with E-state index in [4.69, 9.17) is 4.74 Å². The molecular weight excluding hydrogens is 320 g/mol. The number of nitrogens with zero attached hydrogens (tertiary/aromatic N) is 5. The van der Waals surface area contributed by atoms with E-state index >= 15 is 0 Å². The van der Waals surface area contributed by atoms with E-state index in [9.17, 15) is 4.79 Å². The van der Waals surface area contributed by atoms with Crippen molar-refractivity contribution in [1.29, 1.82) is 0 Å². The van der Waals surface area contributed by atoms with Crippen LogP contribution in [-0.2, 0) is 17.8 Å². The molecule has 1 N–H and O–H groups in total. The number of hydrogen-bond donors (Lipinski definition) is 1. The Morgan fingerprint density at radius 2 is 2.04 bits per heavy atom. The van der Waals surface area contributed by atoms with Gasteiger partial charge in [0.25, 0.3) is 0 Å². The molecule has 0 radical (unpaired) electrons. The van der Waals surface area contributed by atoms with Gasteiger partial charge in [-0.2, -0.15) is 0 Å². The summed E-state index contributed by atoms with van der Waals surface area (Å²) in [6, 6.07) is 12.8. The van der Waals surface area contributed by atoms with Crippen molar-refractivity contribution in [2.45, 2.75) is 19.0 Å². The molecule has 0 aliphatic carbocycles. The van der Waals surface area contributed by atoms with Crippen LogP contribution in [0.4, 0.5) is 0 Å². The summed E-state index contributed by atoms with van der Waals surface area (Å²) in [5.41, 5.74) is 1.91. The van der Waals surface area contributed by atoms with Gasteiger partial charge in [-0.3, -0.25) is 4.79 Å². The van der Waals surface area contributed by atoms with E-state index in [1.54, 1.807) is 19.4 Å². The van der Waals surface area contributed by atoms with Crippen LogP contribution in [0.1, 0.15) is 17.2 Å². The second kappa shape index (κ2) is 8.00. The van der Waals surface area contributed by atoms with E-state index < -0.39 is 6.04 Å². The SMILES string of the molecule is COc1ccc(CNC(=O)C(Cc2ccccc2)n2cnnn2)cn1. The zero-order valence-corrected chi connectivity index (χ0v) is 13.7. The lowest BCUT2D eigenvalue weighted by atomic mass is 10.1. The van der Waals surface area contributed by atoms with Crippen LogP contribution in [-0.4, -0.2) is 38.2 Å². The standard InChI is InChI=1S/C17H18N6O2/c1-25-16-8-7-14(10-18-16)11-19-17(24)15(23-12-20-21-22-23)9-13-5-3-2-4-6-13/h2-8,10,12,15H,9,11H2,1H3,(H,19,24). The van der Waals surface area contributed by atoms with Crippen LogP contribution >= 0.6 is 0 Å². The summed E-state index contributed by atoms with van der Waals surface area (Å²) in [6.45, 7) is 0.364. The topological polar surface area (TPSA) is 94.8 Å². The molecule has 0 saturated carbocycles. The van der Waals surface area contributed by atoms with Crippen LogP contribution in [0, 0.1) is 0 Å². The van der Waals surface area contributed by atoms with Gasteiger partial charge in [0, 0.05) is 25.2 Å². The highest BCUT2D eigenvalue weighted by Gasteiger charge is 2.22. The number of carbonyl (C=O) groups is 1. The molecule has 25 heavy (non-hydrogen) atoms. The number of pyridine rings is 1. The largest absolute Gasteiger partial charge is 0.481 e. The Balaban J connectivity index is 1.68. The molecule has 0 saturated heterocycles. The molecule has 3 rings (SSSR count). The van der Waals surface area contributed by atoms with Gasteiger partial charge in [0.05, 0.1) is 7.11 Å². The van der Waals surface area contributed by atoms with Crippen molar-refractivity contribution in [3.05, 3.63) is 66.1 Å². The quantitative estimate of drug-likeness (QED) is 0.695. The second-order valence-electron chi connectivity index (χ2n) is 5.42. The van der Waals surface area contributed by atoms with Gasteiger partial charge in [0.15, 0.2) is 0 Å². The van der Waals surface area contributed by atoms with E-state index in [0.717, 1.165) is 11.1 Å². The van der Waals surface area contributed by atoms with Gasteiger partial charge < -0.3 is 10.1 Å². The Bertz CT molecular complexity index is 790. The predicted octanol–water partition coefficient (Wildman–Crippen LogP) is 1.18. The Labute approximate surface area is 144 Å². The van der Waals surface area contributed by atoms with E-state index in [-0.39, 0.29) is 5.91 Å². The number of ether oxygens (including phenoxy) is 1. The average Bonchev–Trinajstić information content (AvgIpc) is 3.20. The molecule has 2 heterocycles. The average molecular weight is 338 g/mol. The third-order valence-electron chi connectivity index (χ3n) is 3.73. The third kappa shape index (κ3) is 4.37. The van der Waals surface area contributed by atoms with Crippen molar-refractivity contribution in [3.63, 3.8) is 0 Å². The molecule has 0 fully saturated rings. The monoisotopic (exact) mass is 338 g/mol. The number of nitrogens with one attached hydrogen (secondary N) is 1. The molecule has 0 aliphatic heterocycles. The Kier molecular flexibility index (Phi) is 5.30. The molecule has 3 aromatic rings. The first-order valence-electron chi connectivity index (χ1n) is 7.79. The van der Waals surface area contributed by atoms with Crippen molar-refractivity contribution < 1.29 is 9.53 Å². The van der Waals surface area contributed by atoms with Crippen molar-refractivity contribution >= 4 is 5.91 Å². The molecular formula is C17H18N6O2. The number of hydrogen-bond acceptors (Lipinski definition) is 6. The lowest BCUT2D eigenvalue weighted by molar-refractivity contribution is -0.124. The Morgan fingerprint density at radius 3 is 2.68 bits per heavy atom. The molecule has 1 atom stereocenters. The molecule has 128 valence electrons. The number of amides is 1. The zero-order chi connectivity index (χ0) is 17.5. The second-order valence-corrected chi connectivity index (χ2v) is 5.42. The van der Waals surface area contributed by atoms with Crippen LogP contribution in [0.2, 0.25) is 0 Å². The molecule has 0 spiro atoms. The minimum Gasteiger partial charge on any atom is -0.481 e. The Morgan fingerprint density at radius 1 is 1.20 bits per heavy atom. The summed E-state index contributed by atoms with van der Waals surface area (Å²) in [7, 11) is 1.56. The van der Waals surface area contributed by atoms with Crippen LogP contribution in [0.25, 0.3) is 0 Å². The van der Waals surface area contributed by atoms with E-state index in [1.165, 1.54) is 11.0 Å². The van der Waals surface area contributed by atoms with Crippen molar-refractivity contribution in [2.24, 2.45) is 0 Å². The van der Waals surface area contributed by atoms with Crippen LogP contribution in [0.5, 0.6) is 5.88 Å². The van der Waals surface area contributed by atoms with Gasteiger partial charge in [0.2, 0.25) is 11.8 Å². The van der Waals surface area contributed by atoms with Crippen molar-refractivity contribution in [3.8, 4) is 5.88 Å². The van der Waals surface area contributed by atoms with Crippen LogP contribution in [0.3, 0.4) is 0 Å². The molecule has 2 aromatic heterocycles. The van der Waals surface area contributed by atoms with E-state index in [2.05, 4.69) is 25.8 Å². The smallest absolute Gasteiger partial charge is 0.245 e. The van der Waals surface area contributed by atoms with Crippen LogP contribution < -0.4 is 10.1 Å². The third-order valence-corrected chi connectivity index (χ3v) is 3.73. The first-order chi connectivity index (χ1) is 12.3. The lowest BCUT2D eigenvalue weighted by Gasteiger charge is -2.16. The maximum Gasteiger partial charge on any atom is 0.245 e. The zero-order valence-electron chi connectivity index (χ0n) is 13.7. The molecule has 1 amide bonds. The van der Waals surface area contributed by atoms with E-state index in [1.807, 2.05) is 36.4 Å².